The second kappa shape index (κ2) is 3.67. The Balaban J connectivity index is 2.35. The van der Waals surface area contributed by atoms with Gasteiger partial charge in [-0.2, -0.15) is 0 Å². The van der Waals surface area contributed by atoms with Gasteiger partial charge in [0.25, 0.3) is 5.91 Å². The number of nitrogens with two attached hydrogens (primary N) is 1. The third-order valence-corrected chi connectivity index (χ3v) is 3.51. The highest BCUT2D eigenvalue weighted by Gasteiger charge is 2.26. The maximum atomic E-state index is 11.8. The van der Waals surface area contributed by atoms with Crippen LogP contribution in [0.1, 0.15) is 27.3 Å². The normalized spacial score (nSPS) is 15.9. The maximum Gasteiger partial charge on any atom is 0.265 e. The minimum atomic E-state index is 0.117. The van der Waals surface area contributed by atoms with Gasteiger partial charge in [-0.3, -0.25) is 4.79 Å². The Morgan fingerprint density at radius 3 is 3.07 bits per heavy atom. The third kappa shape index (κ3) is 1.42. The zero-order chi connectivity index (χ0) is 10.1. The van der Waals surface area contributed by atoms with E-state index >= 15 is 0 Å². The second-order valence-electron chi connectivity index (χ2n) is 3.22. The van der Waals surface area contributed by atoms with Gasteiger partial charge in [0.15, 0.2) is 0 Å². The van der Waals surface area contributed by atoms with E-state index in [0.29, 0.717) is 6.54 Å². The monoisotopic (exact) mass is 211 g/mol. The highest BCUT2D eigenvalue weighted by atomic mass is 32.1. The van der Waals surface area contributed by atoms with Crippen molar-refractivity contribution in [3.8, 4) is 0 Å². The molecule has 2 rings (SSSR count). The van der Waals surface area contributed by atoms with E-state index in [4.69, 9.17) is 5.73 Å². The number of fused-ring (bicyclic) bond motifs is 1. The van der Waals surface area contributed by atoms with Crippen molar-refractivity contribution in [1.29, 1.82) is 0 Å². The van der Waals surface area contributed by atoms with Crippen molar-refractivity contribution in [3.05, 3.63) is 15.6 Å². The topological polar surface area (TPSA) is 59.2 Å². The van der Waals surface area contributed by atoms with Crippen LogP contribution in [0.25, 0.3) is 0 Å². The molecule has 0 saturated heterocycles. The molecular weight excluding hydrogens is 198 g/mol. The van der Waals surface area contributed by atoms with Gasteiger partial charge in [-0.05, 0) is 6.92 Å². The Labute approximate surface area is 86.7 Å². The van der Waals surface area contributed by atoms with E-state index in [9.17, 15) is 4.79 Å². The van der Waals surface area contributed by atoms with Crippen molar-refractivity contribution in [1.82, 2.24) is 9.88 Å². The number of aromatic nitrogens is 1. The van der Waals surface area contributed by atoms with Crippen LogP contribution in [0.15, 0.2) is 0 Å². The number of thiazole rings is 1. The van der Waals surface area contributed by atoms with Crippen LogP contribution in [-0.4, -0.2) is 28.9 Å². The molecule has 1 aromatic rings. The van der Waals surface area contributed by atoms with Gasteiger partial charge in [-0.25, -0.2) is 4.98 Å². The lowest BCUT2D eigenvalue weighted by atomic mass is 10.2. The molecule has 4 nitrogen and oxygen atoms in total. The lowest BCUT2D eigenvalue weighted by Crippen LogP contribution is -2.36. The summed E-state index contributed by atoms with van der Waals surface area (Å²) in [6.45, 7) is 3.98. The summed E-state index contributed by atoms with van der Waals surface area (Å²) in [6.07, 6.45) is 0.866. The maximum absolute atomic E-state index is 11.8. The van der Waals surface area contributed by atoms with E-state index in [1.807, 2.05) is 11.8 Å². The molecule has 1 aromatic heterocycles. The van der Waals surface area contributed by atoms with E-state index in [-0.39, 0.29) is 5.91 Å². The number of amides is 1. The highest BCUT2D eigenvalue weighted by Crippen LogP contribution is 2.24. The van der Waals surface area contributed by atoms with Crippen molar-refractivity contribution >= 4 is 17.2 Å². The standard InChI is InChI=1S/C9H13N3OS/c1-2-12-4-3-6-8(9(12)13)14-7(5-10)11-6/h2-5,10H2,1H3. The minimum Gasteiger partial charge on any atom is -0.338 e. The fourth-order valence-corrected chi connectivity index (χ4v) is 2.57. The second-order valence-corrected chi connectivity index (χ2v) is 4.31. The largest absolute Gasteiger partial charge is 0.338 e. The summed E-state index contributed by atoms with van der Waals surface area (Å²) < 4.78 is 0. The van der Waals surface area contributed by atoms with Gasteiger partial charge in [0.1, 0.15) is 9.88 Å². The average molecular weight is 211 g/mol. The predicted octanol–water partition coefficient (Wildman–Crippen LogP) is 0.620. The van der Waals surface area contributed by atoms with Crippen LogP contribution in [0.4, 0.5) is 0 Å². The van der Waals surface area contributed by atoms with Crippen molar-refractivity contribution < 1.29 is 4.79 Å². The molecule has 0 radical (unpaired) electrons. The first kappa shape index (κ1) is 9.61. The first-order valence-corrected chi connectivity index (χ1v) is 5.55. The summed E-state index contributed by atoms with van der Waals surface area (Å²) in [5.41, 5.74) is 6.43. The Morgan fingerprint density at radius 1 is 1.64 bits per heavy atom. The summed E-state index contributed by atoms with van der Waals surface area (Å²) in [6, 6.07) is 0. The molecule has 14 heavy (non-hydrogen) atoms. The first-order valence-electron chi connectivity index (χ1n) is 4.74. The van der Waals surface area contributed by atoms with Crippen molar-refractivity contribution in [2.24, 2.45) is 5.73 Å². The van der Waals surface area contributed by atoms with Crippen LogP contribution in [-0.2, 0) is 13.0 Å². The molecule has 0 bridgehead atoms. The van der Waals surface area contributed by atoms with Crippen LogP contribution >= 0.6 is 11.3 Å². The SMILES string of the molecule is CCN1CCc2nc(CN)sc2C1=O. The molecular formula is C9H13N3OS. The Morgan fingerprint density at radius 2 is 2.43 bits per heavy atom. The number of nitrogens with zero attached hydrogens (tertiary/aromatic N) is 2. The van der Waals surface area contributed by atoms with Gasteiger partial charge < -0.3 is 10.6 Å². The van der Waals surface area contributed by atoms with Crippen molar-refractivity contribution in [2.75, 3.05) is 13.1 Å². The molecule has 0 fully saturated rings. The molecule has 0 spiro atoms. The van der Waals surface area contributed by atoms with E-state index in [1.54, 1.807) is 0 Å². The van der Waals surface area contributed by atoms with Gasteiger partial charge in [-0.1, -0.05) is 0 Å². The molecule has 0 aromatic carbocycles. The summed E-state index contributed by atoms with van der Waals surface area (Å²) in [5, 5.41) is 0.862. The molecule has 1 amide bonds. The summed E-state index contributed by atoms with van der Waals surface area (Å²) in [4.78, 5) is 18.8. The molecule has 5 heteroatoms. The van der Waals surface area contributed by atoms with Crippen LogP contribution in [0.5, 0.6) is 0 Å². The van der Waals surface area contributed by atoms with Crippen LogP contribution in [0.2, 0.25) is 0 Å². The number of hydrogen-bond acceptors (Lipinski definition) is 4. The van der Waals surface area contributed by atoms with Crippen molar-refractivity contribution in [2.45, 2.75) is 19.9 Å². The van der Waals surface area contributed by atoms with Crippen molar-refractivity contribution in [3.63, 3.8) is 0 Å². The Hall–Kier alpha value is -0.940. The quantitative estimate of drug-likeness (QED) is 0.780. The fourth-order valence-electron chi connectivity index (χ4n) is 1.61. The summed E-state index contributed by atoms with van der Waals surface area (Å²) in [7, 11) is 0. The summed E-state index contributed by atoms with van der Waals surface area (Å²) >= 11 is 1.44. The van der Waals surface area contributed by atoms with Crippen LogP contribution < -0.4 is 5.73 Å². The smallest absolute Gasteiger partial charge is 0.265 e. The van der Waals surface area contributed by atoms with Gasteiger partial charge in [-0.15, -0.1) is 11.3 Å². The number of carbonyl (C=O) groups is 1. The molecule has 2 heterocycles. The molecule has 1 aliphatic rings. The lowest BCUT2D eigenvalue weighted by molar-refractivity contribution is 0.0753. The van der Waals surface area contributed by atoms with E-state index in [0.717, 1.165) is 35.1 Å². The number of carbonyl (C=O) groups excluding carboxylic acids is 1. The molecule has 0 saturated carbocycles. The third-order valence-electron chi connectivity index (χ3n) is 2.40. The zero-order valence-corrected chi connectivity index (χ0v) is 8.93. The number of hydrogen-bond donors (Lipinski definition) is 1. The van der Waals surface area contributed by atoms with E-state index in [1.165, 1.54) is 11.3 Å². The fraction of sp³-hybridized carbons (Fsp3) is 0.556. The molecule has 1 aliphatic heterocycles. The van der Waals surface area contributed by atoms with E-state index < -0.39 is 0 Å². The summed E-state index contributed by atoms with van der Waals surface area (Å²) in [5.74, 6) is 0.117. The van der Waals surface area contributed by atoms with Gasteiger partial charge >= 0.3 is 0 Å². The first-order chi connectivity index (χ1) is 6.76. The highest BCUT2D eigenvalue weighted by molar-refractivity contribution is 7.13. The molecule has 76 valence electrons. The van der Waals surface area contributed by atoms with E-state index in [2.05, 4.69) is 4.98 Å². The number of likely N-dealkylation sites (N-methyl/N-ethyl adjacent to an activating group) is 1. The van der Waals surface area contributed by atoms with Gasteiger partial charge in [0, 0.05) is 26.1 Å². The molecule has 0 atom stereocenters. The molecule has 0 unspecified atom stereocenters. The molecule has 0 aliphatic carbocycles. The molecule has 2 N–H and O–H groups in total. The minimum absolute atomic E-state index is 0.117. The lowest BCUT2D eigenvalue weighted by Gasteiger charge is -2.24. The Kier molecular flexibility index (Phi) is 2.52. The Bertz CT molecular complexity index is 361. The van der Waals surface area contributed by atoms with Crippen LogP contribution in [0.3, 0.4) is 0 Å². The average Bonchev–Trinajstić information content (AvgIpc) is 2.62. The predicted molar refractivity (Wildman–Crippen MR) is 55.3 cm³/mol. The van der Waals surface area contributed by atoms with Gasteiger partial charge in [0.2, 0.25) is 0 Å². The number of rotatable bonds is 2. The van der Waals surface area contributed by atoms with Crippen LogP contribution in [0, 0.1) is 0 Å². The van der Waals surface area contributed by atoms with Gasteiger partial charge in [0.05, 0.1) is 5.69 Å². The zero-order valence-electron chi connectivity index (χ0n) is 8.12.